The summed E-state index contributed by atoms with van der Waals surface area (Å²) in [7, 11) is 0. The van der Waals surface area contributed by atoms with Crippen LogP contribution in [0.15, 0.2) is 0 Å². The maximum absolute atomic E-state index is 12.7. The van der Waals surface area contributed by atoms with Crippen LogP contribution in [-0.2, 0) is 4.79 Å². The van der Waals surface area contributed by atoms with Crippen LogP contribution in [0.1, 0.15) is 78.6 Å². The van der Waals surface area contributed by atoms with Gasteiger partial charge < -0.3 is 4.90 Å². The molecule has 1 saturated heterocycles. The summed E-state index contributed by atoms with van der Waals surface area (Å²) < 4.78 is 0. The fourth-order valence-electron chi connectivity index (χ4n) is 3.94. The summed E-state index contributed by atoms with van der Waals surface area (Å²) in [5.41, 5.74) is 0. The van der Waals surface area contributed by atoms with Crippen LogP contribution in [0.25, 0.3) is 0 Å². The molecule has 20 heavy (non-hydrogen) atoms. The molecule has 0 bridgehead atoms. The number of rotatable bonds is 7. The van der Waals surface area contributed by atoms with Gasteiger partial charge in [0, 0.05) is 6.04 Å². The summed E-state index contributed by atoms with van der Waals surface area (Å²) in [6.07, 6.45) is 11.2. The molecule has 1 aliphatic heterocycles. The van der Waals surface area contributed by atoms with Gasteiger partial charge in [-0.05, 0) is 38.5 Å². The molecule has 3 nitrogen and oxygen atoms in total. The average molecular weight is 280 g/mol. The van der Waals surface area contributed by atoms with E-state index in [9.17, 15) is 4.79 Å². The van der Waals surface area contributed by atoms with Crippen LogP contribution in [-0.4, -0.2) is 29.1 Å². The van der Waals surface area contributed by atoms with Gasteiger partial charge in [-0.3, -0.25) is 10.1 Å². The second-order valence-corrected chi connectivity index (χ2v) is 6.73. The number of nitrogens with one attached hydrogen (secondary N) is 1. The van der Waals surface area contributed by atoms with Crippen LogP contribution >= 0.6 is 0 Å². The third-order valence-corrected chi connectivity index (χ3v) is 5.10. The molecule has 1 saturated carbocycles. The molecule has 2 fully saturated rings. The minimum absolute atomic E-state index is 0.0784. The van der Waals surface area contributed by atoms with Gasteiger partial charge in [-0.25, -0.2) is 0 Å². The van der Waals surface area contributed by atoms with E-state index in [2.05, 4.69) is 31.0 Å². The second kappa shape index (κ2) is 7.44. The van der Waals surface area contributed by atoms with E-state index in [1.807, 2.05) is 0 Å². The molecule has 1 N–H and O–H groups in total. The Balaban J connectivity index is 2.07. The van der Waals surface area contributed by atoms with E-state index in [4.69, 9.17) is 0 Å². The molecule has 0 spiro atoms. The smallest absolute Gasteiger partial charge is 0.241 e. The fraction of sp³-hybridized carbons (Fsp3) is 0.941. The van der Waals surface area contributed by atoms with E-state index in [1.165, 1.54) is 38.5 Å². The molecule has 1 aliphatic carbocycles. The highest BCUT2D eigenvalue weighted by atomic mass is 16.2. The zero-order valence-electron chi connectivity index (χ0n) is 13.5. The lowest BCUT2D eigenvalue weighted by Crippen LogP contribution is -2.47. The summed E-state index contributed by atoms with van der Waals surface area (Å²) in [6.45, 7) is 6.64. The summed E-state index contributed by atoms with van der Waals surface area (Å²) >= 11 is 0. The highest BCUT2D eigenvalue weighted by Crippen LogP contribution is 2.34. The Morgan fingerprint density at radius 1 is 1.25 bits per heavy atom. The third kappa shape index (κ3) is 3.36. The first-order chi connectivity index (χ1) is 9.69. The van der Waals surface area contributed by atoms with Gasteiger partial charge in [0.2, 0.25) is 5.91 Å². The normalized spacial score (nSPS) is 29.4. The lowest BCUT2D eigenvalue weighted by atomic mass is 10.0. The maximum atomic E-state index is 12.7. The van der Waals surface area contributed by atoms with Crippen molar-refractivity contribution in [3.8, 4) is 0 Å². The van der Waals surface area contributed by atoms with Gasteiger partial charge in [-0.2, -0.15) is 0 Å². The first-order valence-electron chi connectivity index (χ1n) is 8.77. The molecule has 1 heterocycles. The van der Waals surface area contributed by atoms with Gasteiger partial charge in [-0.15, -0.1) is 0 Å². The fourth-order valence-corrected chi connectivity index (χ4v) is 3.94. The quantitative estimate of drug-likeness (QED) is 0.771. The summed E-state index contributed by atoms with van der Waals surface area (Å²) in [5.74, 6) is 1.05. The van der Waals surface area contributed by atoms with Crippen LogP contribution in [0.4, 0.5) is 0 Å². The number of hydrogen-bond acceptors (Lipinski definition) is 2. The number of carbonyl (C=O) groups is 1. The number of unbranched alkanes of at least 4 members (excludes halogenated alkanes) is 1. The lowest BCUT2D eigenvalue weighted by Gasteiger charge is -2.34. The molecular weight excluding hydrogens is 248 g/mol. The molecule has 0 aromatic heterocycles. The van der Waals surface area contributed by atoms with E-state index in [0.29, 0.717) is 24.0 Å². The average Bonchev–Trinajstić information content (AvgIpc) is 3.05. The van der Waals surface area contributed by atoms with E-state index in [1.54, 1.807) is 0 Å². The summed E-state index contributed by atoms with van der Waals surface area (Å²) in [4.78, 5) is 14.9. The Hall–Kier alpha value is -0.570. The molecule has 0 aromatic rings. The van der Waals surface area contributed by atoms with Gasteiger partial charge in [0.05, 0.1) is 12.2 Å². The van der Waals surface area contributed by atoms with Crippen molar-refractivity contribution in [3.63, 3.8) is 0 Å². The van der Waals surface area contributed by atoms with Crippen LogP contribution in [0.5, 0.6) is 0 Å². The van der Waals surface area contributed by atoms with Crippen LogP contribution < -0.4 is 5.32 Å². The number of hydrogen-bond donors (Lipinski definition) is 1. The monoisotopic (exact) mass is 280 g/mol. The summed E-state index contributed by atoms with van der Waals surface area (Å²) in [5, 5.41) is 3.67. The van der Waals surface area contributed by atoms with Crippen molar-refractivity contribution in [2.45, 2.75) is 96.8 Å². The highest BCUT2D eigenvalue weighted by Gasteiger charge is 2.44. The van der Waals surface area contributed by atoms with E-state index in [0.717, 1.165) is 19.3 Å². The predicted octanol–water partition coefficient (Wildman–Crippen LogP) is 3.68. The number of nitrogens with zero attached hydrogens (tertiary/aromatic N) is 1. The SMILES string of the molecule is CCCCC(C)N1C(=O)C(CCC)NC1C1CCCC1. The zero-order chi connectivity index (χ0) is 14.5. The largest absolute Gasteiger partial charge is 0.323 e. The molecule has 3 heteroatoms. The number of amides is 1. The van der Waals surface area contributed by atoms with Crippen molar-refractivity contribution < 1.29 is 4.79 Å². The third-order valence-electron chi connectivity index (χ3n) is 5.10. The molecule has 2 aliphatic rings. The molecule has 2 rings (SSSR count). The van der Waals surface area contributed by atoms with Crippen LogP contribution in [0.3, 0.4) is 0 Å². The van der Waals surface area contributed by atoms with Crippen molar-refractivity contribution >= 4 is 5.91 Å². The standard InChI is InChI=1S/C17H32N2O/c1-4-6-10-13(3)19-16(14-11-7-8-12-14)18-15(9-5-2)17(19)20/h13-16,18H,4-12H2,1-3H3. The Kier molecular flexibility index (Phi) is 5.88. The number of carbonyl (C=O) groups excluding carboxylic acids is 1. The van der Waals surface area contributed by atoms with Crippen LogP contribution in [0.2, 0.25) is 0 Å². The molecule has 3 atom stereocenters. The summed E-state index contributed by atoms with van der Waals surface area (Å²) in [6, 6.07) is 0.470. The second-order valence-electron chi connectivity index (χ2n) is 6.73. The van der Waals surface area contributed by atoms with Gasteiger partial charge in [0.25, 0.3) is 0 Å². The van der Waals surface area contributed by atoms with Gasteiger partial charge in [-0.1, -0.05) is 46.0 Å². The first kappa shape index (κ1) is 15.8. The molecule has 0 aromatic carbocycles. The van der Waals surface area contributed by atoms with Crippen molar-refractivity contribution in [2.24, 2.45) is 5.92 Å². The van der Waals surface area contributed by atoms with Crippen LogP contribution in [0, 0.1) is 5.92 Å². The Morgan fingerprint density at radius 3 is 2.55 bits per heavy atom. The van der Waals surface area contributed by atoms with Gasteiger partial charge in [0.1, 0.15) is 0 Å². The Bertz CT molecular complexity index is 312. The van der Waals surface area contributed by atoms with Gasteiger partial charge >= 0.3 is 0 Å². The predicted molar refractivity (Wildman–Crippen MR) is 83.4 cm³/mol. The lowest BCUT2D eigenvalue weighted by molar-refractivity contribution is -0.133. The Labute approximate surface area is 124 Å². The Morgan fingerprint density at radius 2 is 1.95 bits per heavy atom. The first-order valence-corrected chi connectivity index (χ1v) is 8.77. The molecule has 0 radical (unpaired) electrons. The molecule has 1 amide bonds. The minimum Gasteiger partial charge on any atom is -0.323 e. The maximum Gasteiger partial charge on any atom is 0.241 e. The highest BCUT2D eigenvalue weighted by molar-refractivity contribution is 5.84. The van der Waals surface area contributed by atoms with Crippen molar-refractivity contribution in [3.05, 3.63) is 0 Å². The molecular formula is C17H32N2O. The van der Waals surface area contributed by atoms with E-state index >= 15 is 0 Å². The van der Waals surface area contributed by atoms with Crippen molar-refractivity contribution in [1.29, 1.82) is 0 Å². The zero-order valence-corrected chi connectivity index (χ0v) is 13.5. The topological polar surface area (TPSA) is 32.3 Å². The molecule has 3 unspecified atom stereocenters. The van der Waals surface area contributed by atoms with E-state index < -0.39 is 0 Å². The van der Waals surface area contributed by atoms with Gasteiger partial charge in [0.15, 0.2) is 0 Å². The molecule has 116 valence electrons. The minimum atomic E-state index is 0.0784. The van der Waals surface area contributed by atoms with Crippen molar-refractivity contribution in [1.82, 2.24) is 10.2 Å². The van der Waals surface area contributed by atoms with E-state index in [-0.39, 0.29) is 6.04 Å². The van der Waals surface area contributed by atoms with Crippen molar-refractivity contribution in [2.75, 3.05) is 0 Å².